The third-order valence-electron chi connectivity index (χ3n) is 3.04. The third-order valence-corrected chi connectivity index (χ3v) is 4.46. The van der Waals surface area contributed by atoms with Crippen molar-refractivity contribution in [3.05, 3.63) is 48.3 Å². The molecule has 124 valence electrons. The number of ether oxygens (including phenoxy) is 2. The van der Waals surface area contributed by atoms with Crippen molar-refractivity contribution >= 4 is 10.0 Å². The molecular formula is C16H21N2O4S+. The monoisotopic (exact) mass is 337 g/mol. The molecule has 0 spiro atoms. The second kappa shape index (κ2) is 7.94. The van der Waals surface area contributed by atoms with Gasteiger partial charge in [0.2, 0.25) is 10.0 Å². The summed E-state index contributed by atoms with van der Waals surface area (Å²) in [6.07, 6.45) is 1.74. The highest BCUT2D eigenvalue weighted by Crippen LogP contribution is 2.28. The summed E-state index contributed by atoms with van der Waals surface area (Å²) in [4.78, 5) is 3.05. The van der Waals surface area contributed by atoms with Gasteiger partial charge in [0.25, 0.3) is 0 Å². The molecule has 0 radical (unpaired) electrons. The van der Waals surface area contributed by atoms with E-state index in [1.54, 1.807) is 25.3 Å². The number of sulfonamides is 1. The minimum absolute atomic E-state index is 0.0706. The van der Waals surface area contributed by atoms with Crippen LogP contribution >= 0.6 is 0 Å². The topological polar surface area (TPSA) is 78.8 Å². The van der Waals surface area contributed by atoms with Crippen molar-refractivity contribution in [2.75, 3.05) is 13.2 Å². The Morgan fingerprint density at radius 1 is 1.09 bits per heavy atom. The van der Waals surface area contributed by atoms with Crippen LogP contribution in [0.2, 0.25) is 0 Å². The highest BCUT2D eigenvalue weighted by atomic mass is 32.2. The van der Waals surface area contributed by atoms with Gasteiger partial charge < -0.3 is 9.47 Å². The maximum atomic E-state index is 12.6. The third kappa shape index (κ3) is 4.67. The van der Waals surface area contributed by atoms with Crippen molar-refractivity contribution in [3.8, 4) is 11.5 Å². The molecule has 0 saturated heterocycles. The van der Waals surface area contributed by atoms with Crippen LogP contribution in [0.1, 0.15) is 19.5 Å². The first kappa shape index (κ1) is 17.2. The first-order valence-corrected chi connectivity index (χ1v) is 8.90. The Morgan fingerprint density at radius 3 is 2.52 bits per heavy atom. The summed E-state index contributed by atoms with van der Waals surface area (Å²) in [7, 11) is -3.73. The van der Waals surface area contributed by atoms with E-state index in [9.17, 15) is 8.42 Å². The number of nitrogens with one attached hydrogen (secondary N) is 2. The molecule has 0 amide bonds. The number of hydrogen-bond donors (Lipinski definition) is 1. The first-order valence-electron chi connectivity index (χ1n) is 7.41. The molecule has 23 heavy (non-hydrogen) atoms. The molecule has 2 aromatic rings. The lowest BCUT2D eigenvalue weighted by Gasteiger charge is -2.13. The average molecular weight is 337 g/mol. The van der Waals surface area contributed by atoms with Gasteiger partial charge in [-0.1, -0.05) is 6.07 Å². The van der Waals surface area contributed by atoms with Gasteiger partial charge in [0.15, 0.2) is 11.9 Å². The molecule has 1 aromatic carbocycles. The molecule has 0 bridgehead atoms. The van der Waals surface area contributed by atoms with E-state index in [-0.39, 0.29) is 11.4 Å². The van der Waals surface area contributed by atoms with Gasteiger partial charge in [-0.05, 0) is 26.0 Å². The second-order valence-corrected chi connectivity index (χ2v) is 6.42. The van der Waals surface area contributed by atoms with E-state index < -0.39 is 10.0 Å². The molecule has 0 fully saturated rings. The Balaban J connectivity index is 2.27. The Labute approximate surface area is 136 Å². The standard InChI is InChI=1S/C16H20N2O4S/c1-3-21-14-8-9-15(22-4-2)16(11-14)23(19,20)18-12-13-7-5-6-10-17-13/h5-11,18H,3-4,12H2,1-2H3/p+1. The maximum absolute atomic E-state index is 12.6. The molecule has 0 unspecified atom stereocenters. The van der Waals surface area contributed by atoms with Crippen molar-refractivity contribution in [2.45, 2.75) is 25.3 Å². The highest BCUT2D eigenvalue weighted by molar-refractivity contribution is 7.89. The summed E-state index contributed by atoms with van der Waals surface area (Å²) < 4.78 is 38.6. The van der Waals surface area contributed by atoms with Crippen LogP contribution in [0, 0.1) is 0 Å². The summed E-state index contributed by atoms with van der Waals surface area (Å²) in [5, 5.41) is 0. The fraction of sp³-hybridized carbons (Fsp3) is 0.312. The fourth-order valence-electron chi connectivity index (χ4n) is 2.02. The summed E-state index contributed by atoms with van der Waals surface area (Å²) in [6.45, 7) is 4.64. The SMILES string of the molecule is CCOc1ccc(OCC)c(S(=O)(=O)NCc2cccc[nH+]2)c1. The van der Waals surface area contributed by atoms with Crippen LogP contribution in [0.15, 0.2) is 47.5 Å². The summed E-state index contributed by atoms with van der Waals surface area (Å²) in [5.41, 5.74) is 0.759. The lowest BCUT2D eigenvalue weighted by atomic mass is 10.3. The summed E-state index contributed by atoms with van der Waals surface area (Å²) in [6, 6.07) is 10.3. The quantitative estimate of drug-likeness (QED) is 0.796. The van der Waals surface area contributed by atoms with E-state index in [1.165, 1.54) is 6.07 Å². The van der Waals surface area contributed by atoms with E-state index in [2.05, 4.69) is 9.71 Å². The van der Waals surface area contributed by atoms with Gasteiger partial charge in [-0.25, -0.2) is 18.1 Å². The van der Waals surface area contributed by atoms with Gasteiger partial charge in [0.1, 0.15) is 16.4 Å². The molecule has 6 nitrogen and oxygen atoms in total. The Morgan fingerprint density at radius 2 is 1.87 bits per heavy atom. The van der Waals surface area contributed by atoms with Crippen LogP contribution < -0.4 is 19.2 Å². The Bertz CT molecular complexity index is 733. The van der Waals surface area contributed by atoms with Crippen LogP contribution in [0.25, 0.3) is 0 Å². The zero-order valence-electron chi connectivity index (χ0n) is 13.2. The average Bonchev–Trinajstić information content (AvgIpc) is 2.56. The second-order valence-electron chi connectivity index (χ2n) is 4.69. The Kier molecular flexibility index (Phi) is 5.95. The summed E-state index contributed by atoms with van der Waals surface area (Å²) >= 11 is 0. The molecule has 0 aliphatic carbocycles. The van der Waals surface area contributed by atoms with Crippen LogP contribution in [0.5, 0.6) is 11.5 Å². The zero-order valence-corrected chi connectivity index (χ0v) is 14.0. The molecule has 1 aromatic heterocycles. The maximum Gasteiger partial charge on any atom is 0.244 e. The fourth-order valence-corrected chi connectivity index (χ4v) is 3.18. The molecular weight excluding hydrogens is 316 g/mol. The number of rotatable bonds is 8. The molecule has 7 heteroatoms. The molecule has 2 rings (SSSR count). The van der Waals surface area contributed by atoms with Gasteiger partial charge in [-0.2, -0.15) is 0 Å². The van der Waals surface area contributed by atoms with Gasteiger partial charge >= 0.3 is 0 Å². The molecule has 0 atom stereocenters. The van der Waals surface area contributed by atoms with Gasteiger partial charge in [-0.3, -0.25) is 0 Å². The predicted octanol–water partition coefficient (Wildman–Crippen LogP) is 1.78. The van der Waals surface area contributed by atoms with Crippen molar-refractivity contribution in [1.29, 1.82) is 0 Å². The van der Waals surface area contributed by atoms with E-state index in [1.807, 2.05) is 25.1 Å². The number of benzene rings is 1. The molecule has 0 saturated carbocycles. The molecule has 0 aliphatic heterocycles. The molecule has 2 N–H and O–H groups in total. The first-order chi connectivity index (χ1) is 11.1. The van der Waals surface area contributed by atoms with Crippen molar-refractivity contribution in [3.63, 3.8) is 0 Å². The molecule has 1 heterocycles. The zero-order chi connectivity index (χ0) is 16.7. The van der Waals surface area contributed by atoms with Crippen molar-refractivity contribution in [1.82, 2.24) is 4.72 Å². The van der Waals surface area contributed by atoms with Gasteiger partial charge in [0, 0.05) is 18.2 Å². The van der Waals surface area contributed by atoms with Crippen LogP contribution in [-0.4, -0.2) is 21.6 Å². The normalized spacial score (nSPS) is 11.2. The van der Waals surface area contributed by atoms with Crippen LogP contribution in [0.3, 0.4) is 0 Å². The van der Waals surface area contributed by atoms with Crippen molar-refractivity contribution in [2.24, 2.45) is 0 Å². The van der Waals surface area contributed by atoms with Crippen LogP contribution in [0.4, 0.5) is 0 Å². The number of H-pyrrole nitrogens is 1. The number of pyridine rings is 1. The van der Waals surface area contributed by atoms with Crippen LogP contribution in [-0.2, 0) is 16.6 Å². The van der Waals surface area contributed by atoms with E-state index in [4.69, 9.17) is 9.47 Å². The summed E-state index contributed by atoms with van der Waals surface area (Å²) in [5.74, 6) is 0.795. The molecule has 0 aliphatic rings. The van der Waals surface area contributed by atoms with E-state index in [0.717, 1.165) is 5.69 Å². The predicted molar refractivity (Wildman–Crippen MR) is 85.8 cm³/mol. The van der Waals surface area contributed by atoms with E-state index >= 15 is 0 Å². The van der Waals surface area contributed by atoms with Gasteiger partial charge in [0.05, 0.1) is 19.8 Å². The number of hydrogen-bond acceptors (Lipinski definition) is 4. The smallest absolute Gasteiger partial charge is 0.244 e. The lowest BCUT2D eigenvalue weighted by molar-refractivity contribution is -0.390. The lowest BCUT2D eigenvalue weighted by Crippen LogP contribution is -2.27. The number of aromatic amines is 1. The minimum atomic E-state index is -3.73. The highest BCUT2D eigenvalue weighted by Gasteiger charge is 2.21. The largest absolute Gasteiger partial charge is 0.494 e. The van der Waals surface area contributed by atoms with Gasteiger partial charge in [-0.15, -0.1) is 0 Å². The number of aromatic nitrogens is 1. The minimum Gasteiger partial charge on any atom is -0.494 e. The van der Waals surface area contributed by atoms with E-state index in [0.29, 0.717) is 24.7 Å². The Hall–Kier alpha value is -2.12. The van der Waals surface area contributed by atoms with Crippen molar-refractivity contribution < 1.29 is 22.9 Å².